The molecule has 1 aliphatic carbocycles. The number of benzene rings is 1. The van der Waals surface area contributed by atoms with Gasteiger partial charge >= 0.3 is 0 Å². The largest absolute Gasteiger partial charge is 0.373 e. The van der Waals surface area contributed by atoms with E-state index in [0.717, 1.165) is 13.0 Å². The Labute approximate surface area is 132 Å². The molecule has 3 unspecified atom stereocenters. The quantitative estimate of drug-likeness (QED) is 0.767. The van der Waals surface area contributed by atoms with Gasteiger partial charge in [-0.05, 0) is 25.0 Å². The van der Waals surface area contributed by atoms with E-state index in [4.69, 9.17) is 0 Å². The smallest absolute Gasteiger partial charge is 0.238 e. The monoisotopic (exact) mass is 302 g/mol. The molecule has 1 aromatic carbocycles. The van der Waals surface area contributed by atoms with Crippen LogP contribution in [0.5, 0.6) is 0 Å². The molecule has 3 N–H and O–H groups in total. The number of fused-ring (bicyclic) bond motifs is 1. The SMILES string of the molecule is CN(CCNC(=O)C1NNC2CCCCC21)c1ccccc1. The summed E-state index contributed by atoms with van der Waals surface area (Å²) in [5, 5.41) is 3.08. The molecule has 120 valence electrons. The van der Waals surface area contributed by atoms with Crippen molar-refractivity contribution < 1.29 is 4.79 Å². The van der Waals surface area contributed by atoms with Crippen LogP contribution in [0.1, 0.15) is 25.7 Å². The number of para-hydroxylation sites is 1. The third kappa shape index (κ3) is 3.42. The molecule has 0 spiro atoms. The highest BCUT2D eigenvalue weighted by molar-refractivity contribution is 5.82. The van der Waals surface area contributed by atoms with Gasteiger partial charge in [-0.15, -0.1) is 0 Å². The third-order valence-electron chi connectivity index (χ3n) is 4.90. The van der Waals surface area contributed by atoms with Crippen LogP contribution < -0.4 is 21.1 Å². The maximum absolute atomic E-state index is 12.4. The van der Waals surface area contributed by atoms with Gasteiger partial charge < -0.3 is 10.2 Å². The first-order valence-corrected chi connectivity index (χ1v) is 8.30. The molecular formula is C17H26N4O. The van der Waals surface area contributed by atoms with Crippen LogP contribution >= 0.6 is 0 Å². The lowest BCUT2D eigenvalue weighted by Gasteiger charge is -2.27. The molecule has 3 rings (SSSR count). The zero-order valence-corrected chi connectivity index (χ0v) is 13.2. The molecule has 2 fully saturated rings. The lowest BCUT2D eigenvalue weighted by Crippen LogP contribution is -2.47. The minimum Gasteiger partial charge on any atom is -0.373 e. The minimum absolute atomic E-state index is 0.0765. The summed E-state index contributed by atoms with van der Waals surface area (Å²) in [7, 11) is 2.05. The van der Waals surface area contributed by atoms with Crippen molar-refractivity contribution in [2.75, 3.05) is 25.0 Å². The molecule has 1 amide bonds. The van der Waals surface area contributed by atoms with Crippen LogP contribution in [0.15, 0.2) is 30.3 Å². The van der Waals surface area contributed by atoms with Crippen LogP contribution in [-0.2, 0) is 4.79 Å². The van der Waals surface area contributed by atoms with Gasteiger partial charge in [-0.3, -0.25) is 10.2 Å². The number of hydrogen-bond donors (Lipinski definition) is 3. The van der Waals surface area contributed by atoms with E-state index < -0.39 is 0 Å². The summed E-state index contributed by atoms with van der Waals surface area (Å²) >= 11 is 0. The van der Waals surface area contributed by atoms with Gasteiger partial charge in [0.1, 0.15) is 6.04 Å². The van der Waals surface area contributed by atoms with E-state index in [0.29, 0.717) is 18.5 Å². The van der Waals surface area contributed by atoms with Gasteiger partial charge in [0.15, 0.2) is 0 Å². The summed E-state index contributed by atoms with van der Waals surface area (Å²) in [5.74, 6) is 0.573. The number of carbonyl (C=O) groups excluding carboxylic acids is 1. The summed E-state index contributed by atoms with van der Waals surface area (Å²) < 4.78 is 0. The fourth-order valence-corrected chi connectivity index (χ4v) is 3.57. The second kappa shape index (κ2) is 7.11. The Balaban J connectivity index is 1.44. The average molecular weight is 302 g/mol. The lowest BCUT2D eigenvalue weighted by molar-refractivity contribution is -0.123. The molecule has 1 saturated heterocycles. The van der Waals surface area contributed by atoms with Gasteiger partial charge in [0.25, 0.3) is 0 Å². The summed E-state index contributed by atoms with van der Waals surface area (Å²) in [6.07, 6.45) is 4.84. The Morgan fingerprint density at radius 1 is 1.23 bits per heavy atom. The molecule has 1 aliphatic heterocycles. The van der Waals surface area contributed by atoms with Crippen molar-refractivity contribution in [3.8, 4) is 0 Å². The molecule has 0 aromatic heterocycles. The van der Waals surface area contributed by atoms with Crippen molar-refractivity contribution in [3.63, 3.8) is 0 Å². The van der Waals surface area contributed by atoms with Crippen LogP contribution in [0.2, 0.25) is 0 Å². The Kier molecular flexibility index (Phi) is 4.95. The maximum Gasteiger partial charge on any atom is 0.238 e. The summed E-state index contributed by atoms with van der Waals surface area (Å²) in [4.78, 5) is 14.5. The van der Waals surface area contributed by atoms with E-state index in [9.17, 15) is 4.79 Å². The van der Waals surface area contributed by atoms with Crippen LogP contribution in [0, 0.1) is 5.92 Å². The first-order valence-electron chi connectivity index (χ1n) is 8.30. The third-order valence-corrected chi connectivity index (χ3v) is 4.90. The number of hydrogen-bond acceptors (Lipinski definition) is 4. The van der Waals surface area contributed by atoms with Gasteiger partial charge in [-0.25, -0.2) is 5.43 Å². The first-order chi connectivity index (χ1) is 10.8. The Hall–Kier alpha value is -1.59. The fourth-order valence-electron chi connectivity index (χ4n) is 3.57. The van der Waals surface area contributed by atoms with Crippen LogP contribution in [0.3, 0.4) is 0 Å². The van der Waals surface area contributed by atoms with E-state index in [1.807, 2.05) is 25.2 Å². The normalized spacial score (nSPS) is 27.2. The predicted octanol–water partition coefficient (Wildman–Crippen LogP) is 1.27. The van der Waals surface area contributed by atoms with Crippen LogP contribution in [-0.4, -0.2) is 38.1 Å². The Bertz CT molecular complexity index is 493. The maximum atomic E-state index is 12.4. The molecule has 5 heteroatoms. The molecule has 0 radical (unpaired) electrons. The van der Waals surface area contributed by atoms with E-state index in [1.54, 1.807) is 0 Å². The lowest BCUT2D eigenvalue weighted by atomic mass is 9.81. The molecule has 1 saturated carbocycles. The molecule has 22 heavy (non-hydrogen) atoms. The molecular weight excluding hydrogens is 276 g/mol. The van der Waals surface area contributed by atoms with Gasteiger partial charge in [0.05, 0.1) is 0 Å². The number of anilines is 1. The van der Waals surface area contributed by atoms with E-state index in [1.165, 1.54) is 24.9 Å². The highest BCUT2D eigenvalue weighted by Crippen LogP contribution is 2.30. The molecule has 3 atom stereocenters. The molecule has 0 bridgehead atoms. The van der Waals surface area contributed by atoms with Crippen molar-refractivity contribution in [1.82, 2.24) is 16.2 Å². The second-order valence-corrected chi connectivity index (χ2v) is 6.37. The molecule has 2 aliphatic rings. The summed E-state index contributed by atoms with van der Waals surface area (Å²) in [6.45, 7) is 1.48. The minimum atomic E-state index is -0.0765. The standard InChI is InChI=1S/C17H26N4O/c1-21(13-7-3-2-4-8-13)12-11-18-17(22)16-14-9-5-6-10-15(14)19-20-16/h2-4,7-8,14-16,19-20H,5-6,9-12H2,1H3,(H,18,22). The van der Waals surface area contributed by atoms with E-state index in [2.05, 4.69) is 33.2 Å². The van der Waals surface area contributed by atoms with Gasteiger partial charge in [0.2, 0.25) is 5.91 Å². The highest BCUT2D eigenvalue weighted by Gasteiger charge is 2.40. The number of nitrogens with one attached hydrogen (secondary N) is 3. The zero-order valence-electron chi connectivity index (χ0n) is 13.2. The van der Waals surface area contributed by atoms with Crippen molar-refractivity contribution in [2.45, 2.75) is 37.8 Å². The van der Waals surface area contributed by atoms with Gasteiger partial charge in [-0.1, -0.05) is 31.0 Å². The number of carbonyl (C=O) groups is 1. The van der Waals surface area contributed by atoms with Crippen LogP contribution in [0.4, 0.5) is 5.69 Å². The Morgan fingerprint density at radius 3 is 2.82 bits per heavy atom. The zero-order chi connectivity index (χ0) is 15.4. The second-order valence-electron chi connectivity index (χ2n) is 6.37. The number of nitrogens with zero attached hydrogens (tertiary/aromatic N) is 1. The summed E-state index contributed by atoms with van der Waals surface area (Å²) in [6, 6.07) is 10.6. The highest BCUT2D eigenvalue weighted by atomic mass is 16.2. The van der Waals surface area contributed by atoms with Crippen molar-refractivity contribution >= 4 is 11.6 Å². The van der Waals surface area contributed by atoms with Gasteiger partial charge in [0, 0.05) is 37.8 Å². The van der Waals surface area contributed by atoms with Crippen molar-refractivity contribution in [1.29, 1.82) is 0 Å². The Morgan fingerprint density at radius 2 is 2.00 bits per heavy atom. The fraction of sp³-hybridized carbons (Fsp3) is 0.588. The number of hydrazine groups is 1. The van der Waals surface area contributed by atoms with E-state index in [-0.39, 0.29) is 11.9 Å². The average Bonchev–Trinajstić information content (AvgIpc) is 2.99. The predicted molar refractivity (Wildman–Crippen MR) is 88.5 cm³/mol. The van der Waals surface area contributed by atoms with Crippen LogP contribution in [0.25, 0.3) is 0 Å². The molecule has 1 aromatic rings. The molecule has 1 heterocycles. The number of rotatable bonds is 5. The summed E-state index contributed by atoms with van der Waals surface area (Å²) in [5.41, 5.74) is 7.66. The van der Waals surface area contributed by atoms with Crippen molar-refractivity contribution in [3.05, 3.63) is 30.3 Å². The number of likely N-dealkylation sites (N-methyl/N-ethyl adjacent to an activating group) is 1. The van der Waals surface area contributed by atoms with Crippen molar-refractivity contribution in [2.24, 2.45) is 5.92 Å². The molecule has 5 nitrogen and oxygen atoms in total. The topological polar surface area (TPSA) is 56.4 Å². The van der Waals surface area contributed by atoms with E-state index >= 15 is 0 Å². The number of amides is 1. The first kappa shape index (κ1) is 15.3. The van der Waals surface area contributed by atoms with Gasteiger partial charge in [-0.2, -0.15) is 0 Å².